The number of methoxy groups -OCH3 is 1. The van der Waals surface area contributed by atoms with Gasteiger partial charge in [-0.25, -0.2) is 4.79 Å². The molecule has 94 valence electrons. The first kappa shape index (κ1) is 11.1. The molecular formula is C13H14N2O3. The number of aromatic nitrogens is 1. The molecule has 1 aliphatic rings. The number of benzene rings is 1. The first-order chi connectivity index (χ1) is 8.79. The van der Waals surface area contributed by atoms with Gasteiger partial charge < -0.3 is 14.1 Å². The third-order valence-electron chi connectivity index (χ3n) is 3.25. The Morgan fingerprint density at radius 1 is 1.50 bits per heavy atom. The van der Waals surface area contributed by atoms with Crippen molar-refractivity contribution in [3.05, 3.63) is 24.3 Å². The molecule has 0 saturated carbocycles. The number of carbonyl (C=O) groups excluding carboxylic acids is 1. The normalized spacial score (nSPS) is 19.4. The highest BCUT2D eigenvalue weighted by Gasteiger charge is 2.34. The van der Waals surface area contributed by atoms with Gasteiger partial charge in [-0.05, 0) is 25.0 Å². The van der Waals surface area contributed by atoms with Crippen LogP contribution in [0.2, 0.25) is 0 Å². The molecule has 1 fully saturated rings. The van der Waals surface area contributed by atoms with E-state index in [1.54, 1.807) is 0 Å². The maximum Gasteiger partial charge on any atom is 0.328 e. The summed E-state index contributed by atoms with van der Waals surface area (Å²) >= 11 is 0. The van der Waals surface area contributed by atoms with Crippen molar-refractivity contribution in [2.75, 3.05) is 18.6 Å². The lowest BCUT2D eigenvalue weighted by atomic mass is 10.2. The van der Waals surface area contributed by atoms with E-state index in [0.717, 1.165) is 30.5 Å². The van der Waals surface area contributed by atoms with Crippen LogP contribution in [0.3, 0.4) is 0 Å². The fourth-order valence-electron chi connectivity index (χ4n) is 2.36. The van der Waals surface area contributed by atoms with Crippen molar-refractivity contribution < 1.29 is 13.9 Å². The monoisotopic (exact) mass is 246 g/mol. The van der Waals surface area contributed by atoms with Gasteiger partial charge in [-0.15, -0.1) is 0 Å². The molecule has 0 bridgehead atoms. The highest BCUT2D eigenvalue weighted by molar-refractivity contribution is 5.81. The number of ether oxygens (including phenoxy) is 1. The second-order valence-corrected chi connectivity index (χ2v) is 4.34. The summed E-state index contributed by atoms with van der Waals surface area (Å²) in [5.41, 5.74) is 1.55. The van der Waals surface area contributed by atoms with Crippen LogP contribution in [-0.4, -0.2) is 30.6 Å². The Hall–Kier alpha value is -2.04. The summed E-state index contributed by atoms with van der Waals surface area (Å²) in [6.45, 7) is 0.770. The topological polar surface area (TPSA) is 55.6 Å². The summed E-state index contributed by atoms with van der Waals surface area (Å²) < 4.78 is 10.5. The van der Waals surface area contributed by atoms with E-state index in [-0.39, 0.29) is 12.0 Å². The zero-order valence-electron chi connectivity index (χ0n) is 10.1. The number of rotatable bonds is 2. The van der Waals surface area contributed by atoms with Gasteiger partial charge in [0.05, 0.1) is 7.11 Å². The highest BCUT2D eigenvalue weighted by Crippen LogP contribution is 2.28. The van der Waals surface area contributed by atoms with Gasteiger partial charge in [0.2, 0.25) is 0 Å². The Morgan fingerprint density at radius 3 is 3.11 bits per heavy atom. The van der Waals surface area contributed by atoms with E-state index in [1.807, 2.05) is 29.2 Å². The lowest BCUT2D eigenvalue weighted by Gasteiger charge is -2.20. The molecule has 1 atom stereocenters. The molecule has 3 rings (SSSR count). The average molecular weight is 246 g/mol. The largest absolute Gasteiger partial charge is 0.467 e. The Bertz CT molecular complexity index is 545. The van der Waals surface area contributed by atoms with Crippen molar-refractivity contribution in [1.29, 1.82) is 0 Å². The molecular weight excluding hydrogens is 232 g/mol. The molecule has 1 aromatic heterocycles. The lowest BCUT2D eigenvalue weighted by molar-refractivity contribution is -0.142. The number of carbonyl (C=O) groups is 1. The average Bonchev–Trinajstić information content (AvgIpc) is 3.03. The van der Waals surface area contributed by atoms with Crippen LogP contribution < -0.4 is 4.90 Å². The van der Waals surface area contributed by atoms with E-state index in [0.29, 0.717) is 6.01 Å². The SMILES string of the molecule is COC(=O)C1CCCN1c1nc2ccccc2o1. The molecule has 1 unspecified atom stereocenters. The van der Waals surface area contributed by atoms with Gasteiger partial charge >= 0.3 is 5.97 Å². The number of hydrogen-bond acceptors (Lipinski definition) is 5. The quantitative estimate of drug-likeness (QED) is 0.758. The van der Waals surface area contributed by atoms with Gasteiger partial charge in [0, 0.05) is 6.54 Å². The van der Waals surface area contributed by atoms with Gasteiger partial charge in [0.25, 0.3) is 6.01 Å². The van der Waals surface area contributed by atoms with E-state index in [9.17, 15) is 4.79 Å². The molecule has 5 nitrogen and oxygen atoms in total. The van der Waals surface area contributed by atoms with Crippen LogP contribution >= 0.6 is 0 Å². The van der Waals surface area contributed by atoms with Crippen molar-refractivity contribution in [3.8, 4) is 0 Å². The van der Waals surface area contributed by atoms with Crippen LogP contribution in [0, 0.1) is 0 Å². The van der Waals surface area contributed by atoms with Crippen LogP contribution in [0.25, 0.3) is 11.1 Å². The fraction of sp³-hybridized carbons (Fsp3) is 0.385. The molecule has 2 aromatic rings. The van der Waals surface area contributed by atoms with Crippen LogP contribution in [0.15, 0.2) is 28.7 Å². The Morgan fingerprint density at radius 2 is 2.33 bits per heavy atom. The van der Waals surface area contributed by atoms with Crippen molar-refractivity contribution in [2.24, 2.45) is 0 Å². The number of esters is 1. The number of fused-ring (bicyclic) bond motifs is 1. The van der Waals surface area contributed by atoms with Crippen LogP contribution in [0.4, 0.5) is 6.01 Å². The second kappa shape index (κ2) is 4.33. The summed E-state index contributed by atoms with van der Waals surface area (Å²) in [4.78, 5) is 18.0. The summed E-state index contributed by atoms with van der Waals surface area (Å²) in [5.74, 6) is -0.227. The predicted octanol–water partition coefficient (Wildman–Crippen LogP) is 1.97. The molecule has 1 aliphatic heterocycles. The molecule has 0 aliphatic carbocycles. The Balaban J connectivity index is 1.95. The first-order valence-electron chi connectivity index (χ1n) is 5.99. The molecule has 1 aromatic carbocycles. The summed E-state index contributed by atoms with van der Waals surface area (Å²) in [6.07, 6.45) is 1.73. The molecule has 0 spiro atoms. The standard InChI is InChI=1S/C13H14N2O3/c1-17-12(16)10-6-4-8-15(10)13-14-9-5-2-3-7-11(9)18-13/h2-3,5,7,10H,4,6,8H2,1H3. The summed E-state index contributed by atoms with van der Waals surface area (Å²) in [6, 6.07) is 7.81. The van der Waals surface area contributed by atoms with E-state index >= 15 is 0 Å². The van der Waals surface area contributed by atoms with Gasteiger partial charge in [-0.3, -0.25) is 0 Å². The van der Waals surface area contributed by atoms with Crippen molar-refractivity contribution in [1.82, 2.24) is 4.98 Å². The van der Waals surface area contributed by atoms with Crippen LogP contribution in [0.5, 0.6) is 0 Å². The zero-order valence-corrected chi connectivity index (χ0v) is 10.1. The van der Waals surface area contributed by atoms with Crippen molar-refractivity contribution >= 4 is 23.1 Å². The number of para-hydroxylation sites is 2. The lowest BCUT2D eigenvalue weighted by Crippen LogP contribution is -2.37. The molecule has 1 saturated heterocycles. The molecule has 18 heavy (non-hydrogen) atoms. The Labute approximate surface area is 104 Å². The van der Waals surface area contributed by atoms with E-state index in [1.165, 1.54) is 7.11 Å². The minimum absolute atomic E-state index is 0.227. The van der Waals surface area contributed by atoms with Crippen molar-refractivity contribution in [3.63, 3.8) is 0 Å². The molecule has 0 radical (unpaired) electrons. The number of oxazole rings is 1. The first-order valence-corrected chi connectivity index (χ1v) is 5.99. The van der Waals surface area contributed by atoms with E-state index in [4.69, 9.17) is 9.15 Å². The molecule has 2 heterocycles. The predicted molar refractivity (Wildman–Crippen MR) is 66.4 cm³/mol. The maximum atomic E-state index is 11.7. The van der Waals surface area contributed by atoms with Crippen molar-refractivity contribution in [2.45, 2.75) is 18.9 Å². The summed E-state index contributed by atoms with van der Waals surface area (Å²) in [5, 5.41) is 0. The maximum absolute atomic E-state index is 11.7. The molecule has 0 amide bonds. The second-order valence-electron chi connectivity index (χ2n) is 4.34. The third kappa shape index (κ3) is 1.72. The fourth-order valence-corrected chi connectivity index (χ4v) is 2.36. The number of hydrogen-bond donors (Lipinski definition) is 0. The summed E-state index contributed by atoms with van der Waals surface area (Å²) in [7, 11) is 1.41. The van der Waals surface area contributed by atoms with Gasteiger partial charge in [-0.1, -0.05) is 12.1 Å². The van der Waals surface area contributed by atoms with Gasteiger partial charge in [0.15, 0.2) is 5.58 Å². The highest BCUT2D eigenvalue weighted by atomic mass is 16.5. The Kier molecular flexibility index (Phi) is 2.66. The minimum atomic E-state index is -0.275. The minimum Gasteiger partial charge on any atom is -0.467 e. The third-order valence-corrected chi connectivity index (χ3v) is 3.25. The number of anilines is 1. The number of nitrogens with zero attached hydrogens (tertiary/aromatic N) is 2. The van der Waals surface area contributed by atoms with Crippen LogP contribution in [-0.2, 0) is 9.53 Å². The van der Waals surface area contributed by atoms with Gasteiger partial charge in [-0.2, -0.15) is 4.98 Å². The van der Waals surface area contributed by atoms with E-state index in [2.05, 4.69) is 4.98 Å². The smallest absolute Gasteiger partial charge is 0.328 e. The van der Waals surface area contributed by atoms with Gasteiger partial charge in [0.1, 0.15) is 11.6 Å². The van der Waals surface area contributed by atoms with Crippen LogP contribution in [0.1, 0.15) is 12.8 Å². The molecule has 0 N–H and O–H groups in total. The zero-order chi connectivity index (χ0) is 12.5. The van der Waals surface area contributed by atoms with E-state index < -0.39 is 0 Å². The molecule has 5 heteroatoms.